The zero-order valence-corrected chi connectivity index (χ0v) is 15.0. The Bertz CT molecular complexity index is 590. The molecule has 7 heteroatoms. The number of hydrogen-bond acceptors (Lipinski definition) is 6. The van der Waals surface area contributed by atoms with Crippen molar-refractivity contribution in [2.24, 2.45) is 0 Å². The minimum absolute atomic E-state index is 0.258. The second-order valence-corrected chi connectivity index (χ2v) is 7.39. The van der Waals surface area contributed by atoms with Gasteiger partial charge >= 0.3 is 6.09 Å². The van der Waals surface area contributed by atoms with Gasteiger partial charge in [0.05, 0.1) is 12.3 Å². The highest BCUT2D eigenvalue weighted by Crippen LogP contribution is 2.33. The molecule has 0 bridgehead atoms. The van der Waals surface area contributed by atoms with Crippen molar-refractivity contribution in [3.05, 3.63) is 23.4 Å². The summed E-state index contributed by atoms with van der Waals surface area (Å²) in [7, 11) is 3.85. The highest BCUT2D eigenvalue weighted by molar-refractivity contribution is 5.83. The maximum absolute atomic E-state index is 11.9. The van der Waals surface area contributed by atoms with E-state index in [1.165, 1.54) is 0 Å². The van der Waals surface area contributed by atoms with Crippen LogP contribution in [0.1, 0.15) is 38.4 Å². The molecule has 1 aromatic rings. The molecule has 1 atom stereocenters. The number of pyridine rings is 1. The van der Waals surface area contributed by atoms with Crippen molar-refractivity contribution in [2.45, 2.75) is 44.9 Å². The standard InChI is InChI=1S/C17H27N3O4/c1-16(2,3)24-15(21)19-14-7-6-12(13(18-14)10-20(4)5)17(22)8-9-23-11-17/h6-7,22H,8-11H2,1-5H3,(H,18,19,21). The summed E-state index contributed by atoms with van der Waals surface area (Å²) in [5.74, 6) is 0.396. The molecule has 0 spiro atoms. The molecule has 0 aromatic carbocycles. The summed E-state index contributed by atoms with van der Waals surface area (Å²) in [6, 6.07) is 3.47. The van der Waals surface area contributed by atoms with Crippen LogP contribution in [0.4, 0.5) is 10.6 Å². The van der Waals surface area contributed by atoms with Crippen LogP contribution in [-0.2, 0) is 21.6 Å². The smallest absolute Gasteiger partial charge is 0.413 e. The van der Waals surface area contributed by atoms with Gasteiger partial charge in [0.25, 0.3) is 0 Å². The van der Waals surface area contributed by atoms with Crippen LogP contribution in [0, 0.1) is 0 Å². The van der Waals surface area contributed by atoms with Crippen LogP contribution in [0.5, 0.6) is 0 Å². The molecule has 0 saturated carbocycles. The first-order valence-electron chi connectivity index (χ1n) is 8.04. The van der Waals surface area contributed by atoms with E-state index in [4.69, 9.17) is 9.47 Å². The number of ether oxygens (including phenoxy) is 2. The minimum Gasteiger partial charge on any atom is -0.444 e. The number of nitrogens with zero attached hydrogens (tertiary/aromatic N) is 2. The van der Waals surface area contributed by atoms with Crippen LogP contribution < -0.4 is 5.32 Å². The predicted molar refractivity (Wildman–Crippen MR) is 90.8 cm³/mol. The Kier molecular flexibility index (Phi) is 5.47. The second-order valence-electron chi connectivity index (χ2n) is 7.39. The minimum atomic E-state index is -1.03. The van der Waals surface area contributed by atoms with Crippen LogP contribution in [0.15, 0.2) is 12.1 Å². The van der Waals surface area contributed by atoms with Crippen LogP contribution in [0.3, 0.4) is 0 Å². The van der Waals surface area contributed by atoms with Crippen molar-refractivity contribution in [1.29, 1.82) is 0 Å². The van der Waals surface area contributed by atoms with E-state index in [-0.39, 0.29) is 6.61 Å². The molecule has 1 aromatic heterocycles. The van der Waals surface area contributed by atoms with Crippen molar-refractivity contribution in [3.63, 3.8) is 0 Å². The summed E-state index contributed by atoms with van der Waals surface area (Å²) >= 11 is 0. The fourth-order valence-electron chi connectivity index (χ4n) is 2.59. The first-order valence-corrected chi connectivity index (χ1v) is 8.04. The SMILES string of the molecule is CN(C)Cc1nc(NC(=O)OC(C)(C)C)ccc1C1(O)CCOC1. The molecule has 0 aliphatic carbocycles. The number of carbonyl (C=O) groups is 1. The summed E-state index contributed by atoms with van der Waals surface area (Å²) in [6.45, 7) is 6.73. The lowest BCUT2D eigenvalue weighted by Crippen LogP contribution is -2.30. The van der Waals surface area contributed by atoms with Gasteiger partial charge in [0.2, 0.25) is 0 Å². The summed E-state index contributed by atoms with van der Waals surface area (Å²) in [4.78, 5) is 18.4. The fraction of sp³-hybridized carbons (Fsp3) is 0.647. The van der Waals surface area contributed by atoms with E-state index in [0.717, 1.165) is 5.56 Å². The molecular weight excluding hydrogens is 310 g/mol. The van der Waals surface area contributed by atoms with E-state index in [9.17, 15) is 9.90 Å². The summed E-state index contributed by atoms with van der Waals surface area (Å²) in [5, 5.41) is 13.4. The van der Waals surface area contributed by atoms with Crippen LogP contribution in [0.2, 0.25) is 0 Å². The molecule has 7 nitrogen and oxygen atoms in total. The van der Waals surface area contributed by atoms with Crippen molar-refractivity contribution in [1.82, 2.24) is 9.88 Å². The van der Waals surface area contributed by atoms with Crippen LogP contribution in [-0.4, -0.2) is 54.0 Å². The molecule has 2 rings (SSSR count). The van der Waals surface area contributed by atoms with Crippen LogP contribution in [0.25, 0.3) is 0 Å². The number of aliphatic hydroxyl groups is 1. The highest BCUT2D eigenvalue weighted by atomic mass is 16.6. The lowest BCUT2D eigenvalue weighted by Gasteiger charge is -2.25. The van der Waals surface area contributed by atoms with Crippen molar-refractivity contribution >= 4 is 11.9 Å². The Hall–Kier alpha value is -1.70. The Balaban J connectivity index is 2.24. The Morgan fingerprint density at radius 3 is 2.71 bits per heavy atom. The molecule has 1 saturated heterocycles. The maximum atomic E-state index is 11.9. The van der Waals surface area contributed by atoms with Crippen molar-refractivity contribution in [3.8, 4) is 0 Å². The average Bonchev–Trinajstić information content (AvgIpc) is 2.83. The molecule has 0 radical (unpaired) electrons. The predicted octanol–water partition coefficient (Wildman–Crippen LogP) is 2.10. The summed E-state index contributed by atoms with van der Waals surface area (Å²) in [5.41, 5.74) is -0.152. The molecule has 1 aliphatic heterocycles. The third-order valence-corrected chi connectivity index (χ3v) is 3.57. The second kappa shape index (κ2) is 7.04. The third kappa shape index (κ3) is 4.90. The van der Waals surface area contributed by atoms with Crippen LogP contribution >= 0.6 is 0 Å². The average molecular weight is 337 g/mol. The number of nitrogens with one attached hydrogen (secondary N) is 1. The van der Waals surface area contributed by atoms with Gasteiger partial charge in [-0.1, -0.05) is 6.07 Å². The van der Waals surface area contributed by atoms with E-state index in [2.05, 4.69) is 10.3 Å². The first kappa shape index (κ1) is 18.6. The molecule has 1 amide bonds. The first-order chi connectivity index (χ1) is 11.1. The third-order valence-electron chi connectivity index (χ3n) is 3.57. The number of hydrogen-bond donors (Lipinski definition) is 2. The topological polar surface area (TPSA) is 83.9 Å². The monoisotopic (exact) mass is 337 g/mol. The van der Waals surface area contributed by atoms with E-state index >= 15 is 0 Å². The molecule has 1 unspecified atom stereocenters. The molecule has 1 fully saturated rings. The molecule has 134 valence electrons. The molecule has 2 heterocycles. The molecule has 1 aliphatic rings. The summed E-state index contributed by atoms with van der Waals surface area (Å²) in [6.07, 6.45) is -0.0185. The highest BCUT2D eigenvalue weighted by Gasteiger charge is 2.36. The Morgan fingerprint density at radius 2 is 2.17 bits per heavy atom. The zero-order chi connectivity index (χ0) is 18.0. The number of rotatable bonds is 4. The molecular formula is C17H27N3O4. The van der Waals surface area contributed by atoms with E-state index in [1.54, 1.807) is 32.9 Å². The molecule has 2 N–H and O–H groups in total. The van der Waals surface area contributed by atoms with E-state index in [0.29, 0.717) is 31.1 Å². The van der Waals surface area contributed by atoms with E-state index < -0.39 is 17.3 Å². The quantitative estimate of drug-likeness (QED) is 0.875. The van der Waals surface area contributed by atoms with Gasteiger partial charge in [0.15, 0.2) is 0 Å². The maximum Gasteiger partial charge on any atom is 0.413 e. The molecule has 24 heavy (non-hydrogen) atoms. The van der Waals surface area contributed by atoms with Gasteiger partial charge in [-0.3, -0.25) is 5.32 Å². The number of amides is 1. The number of carbonyl (C=O) groups excluding carboxylic acids is 1. The largest absolute Gasteiger partial charge is 0.444 e. The van der Waals surface area contributed by atoms with Gasteiger partial charge in [0.1, 0.15) is 17.0 Å². The van der Waals surface area contributed by atoms with Gasteiger partial charge in [0, 0.05) is 25.1 Å². The van der Waals surface area contributed by atoms with Gasteiger partial charge in [-0.05, 0) is 40.9 Å². The summed E-state index contributed by atoms with van der Waals surface area (Å²) < 4.78 is 10.6. The zero-order valence-electron chi connectivity index (χ0n) is 15.0. The lowest BCUT2D eigenvalue weighted by molar-refractivity contribution is 0.0217. The normalized spacial score (nSPS) is 21.1. The van der Waals surface area contributed by atoms with Gasteiger partial charge in [-0.15, -0.1) is 0 Å². The van der Waals surface area contributed by atoms with E-state index in [1.807, 2.05) is 19.0 Å². The fourth-order valence-corrected chi connectivity index (χ4v) is 2.59. The number of anilines is 1. The van der Waals surface area contributed by atoms with Gasteiger partial charge < -0.3 is 19.5 Å². The van der Waals surface area contributed by atoms with Gasteiger partial charge in [-0.2, -0.15) is 0 Å². The van der Waals surface area contributed by atoms with Crippen molar-refractivity contribution in [2.75, 3.05) is 32.6 Å². The lowest BCUT2D eigenvalue weighted by atomic mass is 9.91. The Labute approximate surface area is 143 Å². The van der Waals surface area contributed by atoms with Crippen molar-refractivity contribution < 1.29 is 19.4 Å². The Morgan fingerprint density at radius 1 is 1.46 bits per heavy atom. The number of aromatic nitrogens is 1. The van der Waals surface area contributed by atoms with Gasteiger partial charge in [-0.25, -0.2) is 9.78 Å².